The maximum absolute atomic E-state index is 3.42. The van der Waals surface area contributed by atoms with Crippen LogP contribution in [0.25, 0.3) is 0 Å². The summed E-state index contributed by atoms with van der Waals surface area (Å²) in [6, 6.07) is 9.07. The zero-order valence-corrected chi connectivity index (χ0v) is 10.1. The molecule has 0 amide bonds. The van der Waals surface area contributed by atoms with Crippen molar-refractivity contribution in [2.45, 2.75) is 32.2 Å². The number of piperidine rings is 1. The summed E-state index contributed by atoms with van der Waals surface area (Å²) in [4.78, 5) is 0. The molecule has 2 nitrogen and oxygen atoms in total. The van der Waals surface area contributed by atoms with Crippen molar-refractivity contribution >= 4 is 0 Å². The molecule has 0 radical (unpaired) electrons. The maximum Gasteiger partial charge on any atom is 0.0205 e. The third kappa shape index (κ3) is 3.06. The lowest BCUT2D eigenvalue weighted by molar-refractivity contribution is 0.460. The Morgan fingerprint density at radius 3 is 2.88 bits per heavy atom. The van der Waals surface area contributed by atoms with Gasteiger partial charge in [-0.25, -0.2) is 0 Å². The van der Waals surface area contributed by atoms with Crippen molar-refractivity contribution < 1.29 is 0 Å². The summed E-state index contributed by atoms with van der Waals surface area (Å²) >= 11 is 0. The van der Waals surface area contributed by atoms with Crippen LogP contribution in [0.1, 0.15) is 36.8 Å². The first-order valence-corrected chi connectivity index (χ1v) is 6.40. The number of hydrogen-bond acceptors (Lipinski definition) is 2. The van der Waals surface area contributed by atoms with E-state index in [1.807, 2.05) is 0 Å². The van der Waals surface area contributed by atoms with Gasteiger partial charge < -0.3 is 10.6 Å². The number of benzene rings is 1. The standard InChI is InChI=1S/C14H22N2/c1-2-15-11-12-4-3-5-14(10-12)13-6-8-16-9-7-13/h3-5,10,13,15-16H,2,6-9,11H2,1H3. The minimum atomic E-state index is 0.767. The Labute approximate surface area is 98.4 Å². The second kappa shape index (κ2) is 6.02. The maximum atomic E-state index is 3.42. The molecule has 1 saturated heterocycles. The van der Waals surface area contributed by atoms with E-state index in [1.165, 1.54) is 37.1 Å². The second-order valence-electron chi connectivity index (χ2n) is 4.55. The molecule has 0 aromatic heterocycles. The average Bonchev–Trinajstić information content (AvgIpc) is 2.38. The molecule has 2 heteroatoms. The molecule has 16 heavy (non-hydrogen) atoms. The van der Waals surface area contributed by atoms with Crippen LogP contribution in [-0.4, -0.2) is 19.6 Å². The Bertz CT molecular complexity index is 316. The molecule has 0 aliphatic carbocycles. The highest BCUT2D eigenvalue weighted by molar-refractivity contribution is 5.26. The Morgan fingerprint density at radius 2 is 2.12 bits per heavy atom. The van der Waals surface area contributed by atoms with Gasteiger partial charge in [0.15, 0.2) is 0 Å². The quantitative estimate of drug-likeness (QED) is 0.810. The minimum absolute atomic E-state index is 0.767. The highest BCUT2D eigenvalue weighted by Gasteiger charge is 2.14. The molecule has 1 aliphatic heterocycles. The summed E-state index contributed by atoms with van der Waals surface area (Å²) in [7, 11) is 0. The monoisotopic (exact) mass is 218 g/mol. The first kappa shape index (κ1) is 11.6. The fraction of sp³-hybridized carbons (Fsp3) is 0.571. The van der Waals surface area contributed by atoms with Gasteiger partial charge >= 0.3 is 0 Å². The van der Waals surface area contributed by atoms with E-state index in [0.29, 0.717) is 0 Å². The first-order chi connectivity index (χ1) is 7.90. The van der Waals surface area contributed by atoms with Gasteiger partial charge in [-0.1, -0.05) is 31.2 Å². The third-order valence-corrected chi connectivity index (χ3v) is 3.34. The summed E-state index contributed by atoms with van der Waals surface area (Å²) in [6.45, 7) is 6.52. The van der Waals surface area contributed by atoms with E-state index in [4.69, 9.17) is 0 Å². The number of rotatable bonds is 4. The fourth-order valence-electron chi connectivity index (χ4n) is 2.38. The van der Waals surface area contributed by atoms with Crippen molar-refractivity contribution in [3.05, 3.63) is 35.4 Å². The predicted molar refractivity (Wildman–Crippen MR) is 68.7 cm³/mol. The molecule has 1 aliphatic rings. The van der Waals surface area contributed by atoms with Crippen molar-refractivity contribution in [3.8, 4) is 0 Å². The molecule has 2 N–H and O–H groups in total. The van der Waals surface area contributed by atoms with Gasteiger partial charge in [0.1, 0.15) is 0 Å². The van der Waals surface area contributed by atoms with Crippen molar-refractivity contribution in [1.82, 2.24) is 10.6 Å². The van der Waals surface area contributed by atoms with Crippen LogP contribution >= 0.6 is 0 Å². The van der Waals surface area contributed by atoms with Gasteiger partial charge in [-0.15, -0.1) is 0 Å². The van der Waals surface area contributed by atoms with Crippen LogP contribution in [-0.2, 0) is 6.54 Å². The molecule has 0 saturated carbocycles. The van der Waals surface area contributed by atoms with Gasteiger partial charge in [-0.3, -0.25) is 0 Å². The van der Waals surface area contributed by atoms with Gasteiger partial charge in [0.05, 0.1) is 0 Å². The second-order valence-corrected chi connectivity index (χ2v) is 4.55. The topological polar surface area (TPSA) is 24.1 Å². The van der Waals surface area contributed by atoms with Gasteiger partial charge in [0, 0.05) is 6.54 Å². The summed E-state index contributed by atoms with van der Waals surface area (Å²) < 4.78 is 0. The molecule has 0 unspecified atom stereocenters. The fourth-order valence-corrected chi connectivity index (χ4v) is 2.38. The molecule has 1 fully saturated rings. The third-order valence-electron chi connectivity index (χ3n) is 3.34. The predicted octanol–water partition coefficient (Wildman–Crippen LogP) is 2.26. The van der Waals surface area contributed by atoms with E-state index in [2.05, 4.69) is 41.8 Å². The highest BCUT2D eigenvalue weighted by Crippen LogP contribution is 2.25. The molecule has 1 aromatic rings. The van der Waals surface area contributed by atoms with Gasteiger partial charge in [-0.05, 0) is 49.5 Å². The smallest absolute Gasteiger partial charge is 0.0205 e. The zero-order chi connectivity index (χ0) is 11.2. The van der Waals surface area contributed by atoms with Gasteiger partial charge in [0.2, 0.25) is 0 Å². The summed E-state index contributed by atoms with van der Waals surface area (Å²) in [5.41, 5.74) is 2.94. The van der Waals surface area contributed by atoms with Crippen molar-refractivity contribution in [2.24, 2.45) is 0 Å². The average molecular weight is 218 g/mol. The van der Waals surface area contributed by atoms with Crippen LogP contribution in [0.5, 0.6) is 0 Å². The largest absolute Gasteiger partial charge is 0.317 e. The molecular weight excluding hydrogens is 196 g/mol. The molecule has 88 valence electrons. The summed E-state index contributed by atoms with van der Waals surface area (Å²) in [6.07, 6.45) is 2.56. The van der Waals surface area contributed by atoms with E-state index >= 15 is 0 Å². The van der Waals surface area contributed by atoms with E-state index in [-0.39, 0.29) is 0 Å². The van der Waals surface area contributed by atoms with Crippen molar-refractivity contribution in [1.29, 1.82) is 0 Å². The van der Waals surface area contributed by atoms with E-state index in [0.717, 1.165) is 19.0 Å². The Balaban J connectivity index is 2.02. The Hall–Kier alpha value is -0.860. The zero-order valence-electron chi connectivity index (χ0n) is 10.1. The Kier molecular flexibility index (Phi) is 4.37. The van der Waals surface area contributed by atoms with E-state index in [1.54, 1.807) is 0 Å². The van der Waals surface area contributed by atoms with Crippen LogP contribution in [0.2, 0.25) is 0 Å². The lowest BCUT2D eigenvalue weighted by Gasteiger charge is -2.23. The first-order valence-electron chi connectivity index (χ1n) is 6.40. The van der Waals surface area contributed by atoms with E-state index in [9.17, 15) is 0 Å². The van der Waals surface area contributed by atoms with Crippen molar-refractivity contribution in [3.63, 3.8) is 0 Å². The lowest BCUT2D eigenvalue weighted by Crippen LogP contribution is -2.26. The summed E-state index contributed by atoms with van der Waals surface area (Å²) in [5.74, 6) is 0.767. The SMILES string of the molecule is CCNCc1cccc(C2CCNCC2)c1. The van der Waals surface area contributed by atoms with Crippen LogP contribution in [0, 0.1) is 0 Å². The molecule has 0 atom stereocenters. The molecular formula is C14H22N2. The van der Waals surface area contributed by atoms with Crippen LogP contribution < -0.4 is 10.6 Å². The molecule has 0 bridgehead atoms. The van der Waals surface area contributed by atoms with Crippen LogP contribution in [0.15, 0.2) is 24.3 Å². The normalized spacial score (nSPS) is 17.6. The molecule has 2 rings (SSSR count). The van der Waals surface area contributed by atoms with Gasteiger partial charge in [0.25, 0.3) is 0 Å². The van der Waals surface area contributed by atoms with E-state index < -0.39 is 0 Å². The van der Waals surface area contributed by atoms with Crippen LogP contribution in [0.3, 0.4) is 0 Å². The summed E-state index contributed by atoms with van der Waals surface area (Å²) in [5, 5.41) is 6.80. The molecule has 1 aromatic carbocycles. The Morgan fingerprint density at radius 1 is 1.31 bits per heavy atom. The lowest BCUT2D eigenvalue weighted by atomic mass is 9.89. The molecule has 0 spiro atoms. The van der Waals surface area contributed by atoms with Crippen molar-refractivity contribution in [2.75, 3.05) is 19.6 Å². The van der Waals surface area contributed by atoms with Gasteiger partial charge in [-0.2, -0.15) is 0 Å². The highest BCUT2D eigenvalue weighted by atomic mass is 14.9. The number of hydrogen-bond donors (Lipinski definition) is 2. The molecule has 1 heterocycles. The minimum Gasteiger partial charge on any atom is -0.317 e. The van der Waals surface area contributed by atoms with Crippen LogP contribution in [0.4, 0.5) is 0 Å². The number of nitrogens with one attached hydrogen (secondary N) is 2.